The van der Waals surface area contributed by atoms with Gasteiger partial charge in [-0.2, -0.15) is 0 Å². The first kappa shape index (κ1) is 55.9. The minimum atomic E-state index is -4.39. The van der Waals surface area contributed by atoms with Crippen molar-refractivity contribution in [2.45, 2.75) is 155 Å². The van der Waals surface area contributed by atoms with Crippen LogP contribution in [0, 0.1) is 0 Å². The maximum atomic E-state index is 12.7. The topological polar surface area (TPSA) is 108 Å². The van der Waals surface area contributed by atoms with Crippen LogP contribution in [-0.2, 0) is 32.7 Å². The predicted molar refractivity (Wildman–Crippen MR) is 247 cm³/mol. The molecule has 0 spiro atoms. The Morgan fingerprint density at radius 2 is 0.966 bits per heavy atom. The summed E-state index contributed by atoms with van der Waals surface area (Å²) in [6, 6.07) is 0. The Bertz CT molecular complexity index is 1320. The minimum Gasteiger partial charge on any atom is -0.462 e. The van der Waals surface area contributed by atoms with Crippen molar-refractivity contribution in [2.75, 3.05) is 47.5 Å². The van der Waals surface area contributed by atoms with Gasteiger partial charge in [-0.15, -0.1) is 0 Å². The van der Waals surface area contributed by atoms with Crippen LogP contribution in [0.3, 0.4) is 0 Å². The molecule has 0 heterocycles. The van der Waals surface area contributed by atoms with E-state index in [9.17, 15) is 19.0 Å². The summed E-state index contributed by atoms with van der Waals surface area (Å²) in [5, 5.41) is 0. The van der Waals surface area contributed by atoms with E-state index in [1.54, 1.807) is 0 Å². The van der Waals surface area contributed by atoms with Crippen LogP contribution < -0.4 is 0 Å². The lowest BCUT2D eigenvalue weighted by molar-refractivity contribution is -0.870. The van der Waals surface area contributed by atoms with Crippen LogP contribution in [0.2, 0.25) is 0 Å². The van der Waals surface area contributed by atoms with Crippen molar-refractivity contribution in [3.63, 3.8) is 0 Å². The summed E-state index contributed by atoms with van der Waals surface area (Å²) < 4.78 is 34.2. The van der Waals surface area contributed by atoms with E-state index >= 15 is 0 Å². The Kier molecular flexibility index (Phi) is 38.2. The van der Waals surface area contributed by atoms with Crippen molar-refractivity contribution in [1.82, 2.24) is 0 Å². The fourth-order valence-corrected chi connectivity index (χ4v) is 6.09. The molecule has 10 heteroatoms. The maximum Gasteiger partial charge on any atom is 0.472 e. The first-order valence-corrected chi connectivity index (χ1v) is 24.0. The molecule has 1 N–H and O–H groups in total. The number of unbranched alkanes of at least 4 members (excludes halogenated alkanes) is 9. The van der Waals surface area contributed by atoms with Crippen LogP contribution in [0.15, 0.2) is 97.2 Å². The molecule has 0 radical (unpaired) electrons. The predicted octanol–water partition coefficient (Wildman–Crippen LogP) is 13.0. The first-order valence-electron chi connectivity index (χ1n) is 22.5. The lowest BCUT2D eigenvalue weighted by Gasteiger charge is -2.24. The van der Waals surface area contributed by atoms with Gasteiger partial charge in [0.1, 0.15) is 19.8 Å². The molecule has 0 aliphatic carbocycles. The van der Waals surface area contributed by atoms with Crippen LogP contribution >= 0.6 is 7.82 Å². The third-order valence-electron chi connectivity index (χ3n) is 8.83. The Balaban J connectivity index is 4.38. The number of esters is 2. The molecule has 0 bridgehead atoms. The molecule has 2 atom stereocenters. The van der Waals surface area contributed by atoms with Crippen molar-refractivity contribution >= 4 is 19.8 Å². The molecule has 0 saturated carbocycles. The highest BCUT2D eigenvalue weighted by Crippen LogP contribution is 2.43. The number of quaternary nitrogens is 1. The van der Waals surface area contributed by atoms with Crippen molar-refractivity contribution in [3.8, 4) is 0 Å². The van der Waals surface area contributed by atoms with E-state index in [4.69, 9.17) is 18.5 Å². The number of carbonyl (C=O) groups excluding carboxylic acids is 2. The molecule has 0 aromatic rings. The van der Waals surface area contributed by atoms with Crippen molar-refractivity contribution in [2.24, 2.45) is 0 Å². The Hall–Kier alpha value is -3.07. The largest absolute Gasteiger partial charge is 0.472 e. The molecule has 0 aliphatic rings. The minimum absolute atomic E-state index is 0.0178. The molecule has 0 aromatic carbocycles. The molecule has 2 unspecified atom stereocenters. The number of nitrogens with zero attached hydrogens (tertiary/aromatic N) is 1. The first-order chi connectivity index (χ1) is 28.5. The highest BCUT2D eigenvalue weighted by atomic mass is 31.2. The lowest BCUT2D eigenvalue weighted by atomic mass is 10.1. The number of rotatable bonds is 39. The van der Waals surface area contributed by atoms with E-state index in [0.29, 0.717) is 17.4 Å². The standard InChI is InChI=1S/C49H82NO8P/c1-6-8-10-12-14-16-18-19-20-21-22-23-24-25-26-27-28-29-30-31-32-34-36-38-40-42-49(52)58-47(46-57-59(53,54)56-44-43-50(3,4)5)45-55-48(51)41-39-37-35-33-17-15-13-11-9-7-2/h8,10-11,13-14,16,19-20,22-23,25-26,28-29,31-32,47H,6-7,9,12,15,17-18,21,24,27,30,33-46H2,1-5H3/p+1/b10-8-,13-11-,16-14-,20-19-,23-22-,26-25-,29-28-,32-31-. The SMILES string of the molecule is CC/C=C\C/C=C\C/C=C\C/C=C\C/C=C\C/C=C\C/C=C\CCCCCC(=O)OC(COC(=O)CCCCCCC/C=C\CCC)COP(=O)(O)OCC[N+](C)(C)C. The van der Waals surface area contributed by atoms with Gasteiger partial charge >= 0.3 is 19.8 Å². The summed E-state index contributed by atoms with van der Waals surface area (Å²) in [5.74, 6) is -0.861. The van der Waals surface area contributed by atoms with Crippen molar-refractivity contribution < 1.29 is 42.1 Å². The number of likely N-dealkylation sites (N-methyl/N-ethyl adjacent to an activating group) is 1. The number of ether oxygens (including phenoxy) is 2. The van der Waals surface area contributed by atoms with Gasteiger partial charge in [-0.3, -0.25) is 18.6 Å². The number of phosphoric acid groups is 1. The van der Waals surface area contributed by atoms with E-state index in [1.807, 2.05) is 21.1 Å². The second-order valence-electron chi connectivity index (χ2n) is 15.7. The van der Waals surface area contributed by atoms with Gasteiger partial charge in [0, 0.05) is 12.8 Å². The highest BCUT2D eigenvalue weighted by Gasteiger charge is 2.27. The van der Waals surface area contributed by atoms with Crippen molar-refractivity contribution in [1.29, 1.82) is 0 Å². The molecule has 59 heavy (non-hydrogen) atoms. The number of hydrogen-bond donors (Lipinski definition) is 1. The van der Waals surface area contributed by atoms with Gasteiger partial charge in [0.15, 0.2) is 6.10 Å². The average Bonchev–Trinajstić information content (AvgIpc) is 3.19. The average molecular weight is 845 g/mol. The van der Waals surface area contributed by atoms with E-state index in [1.165, 1.54) is 6.42 Å². The molecular weight excluding hydrogens is 762 g/mol. The van der Waals surface area contributed by atoms with Gasteiger partial charge < -0.3 is 18.9 Å². The molecule has 0 aliphatic heterocycles. The summed E-state index contributed by atoms with van der Waals surface area (Å²) in [6.07, 6.45) is 53.2. The smallest absolute Gasteiger partial charge is 0.462 e. The fourth-order valence-electron chi connectivity index (χ4n) is 5.35. The van der Waals surface area contributed by atoms with Crippen LogP contribution in [0.25, 0.3) is 0 Å². The normalized spacial score (nSPS) is 14.5. The van der Waals surface area contributed by atoms with E-state index in [-0.39, 0.29) is 26.1 Å². The van der Waals surface area contributed by atoms with Gasteiger partial charge in [-0.1, -0.05) is 143 Å². The molecule has 0 aromatic heterocycles. The molecule has 336 valence electrons. The van der Waals surface area contributed by atoms with Gasteiger partial charge in [0.25, 0.3) is 0 Å². The molecule has 0 fully saturated rings. The van der Waals surface area contributed by atoms with E-state index < -0.39 is 32.5 Å². The van der Waals surface area contributed by atoms with Crippen LogP contribution in [-0.4, -0.2) is 74.9 Å². The molecule has 9 nitrogen and oxygen atoms in total. The fraction of sp³-hybridized carbons (Fsp3) is 0.633. The number of phosphoric ester groups is 1. The molecule has 0 amide bonds. The molecule has 0 rings (SSSR count). The summed E-state index contributed by atoms with van der Waals surface area (Å²) in [4.78, 5) is 35.3. The monoisotopic (exact) mass is 845 g/mol. The second-order valence-corrected chi connectivity index (χ2v) is 17.1. The van der Waals surface area contributed by atoms with Crippen LogP contribution in [0.5, 0.6) is 0 Å². The molecular formula is C49H83NO8P+. The van der Waals surface area contributed by atoms with E-state index in [0.717, 1.165) is 109 Å². The number of hydrogen-bond acceptors (Lipinski definition) is 7. The summed E-state index contributed by atoms with van der Waals surface area (Å²) in [5.41, 5.74) is 0. The van der Waals surface area contributed by atoms with Gasteiger partial charge in [0.2, 0.25) is 0 Å². The number of allylic oxidation sites excluding steroid dienone is 16. The van der Waals surface area contributed by atoms with Gasteiger partial charge in [-0.25, -0.2) is 4.57 Å². The lowest BCUT2D eigenvalue weighted by Crippen LogP contribution is -2.37. The van der Waals surface area contributed by atoms with Crippen LogP contribution in [0.4, 0.5) is 0 Å². The Morgan fingerprint density at radius 1 is 0.542 bits per heavy atom. The third kappa shape index (κ3) is 44.3. The van der Waals surface area contributed by atoms with Crippen LogP contribution in [0.1, 0.15) is 149 Å². The zero-order valence-corrected chi connectivity index (χ0v) is 38.6. The zero-order chi connectivity index (χ0) is 43.6. The number of carbonyl (C=O) groups is 2. The van der Waals surface area contributed by atoms with Gasteiger partial charge in [-0.05, 0) is 89.9 Å². The third-order valence-corrected chi connectivity index (χ3v) is 9.81. The van der Waals surface area contributed by atoms with Crippen molar-refractivity contribution in [3.05, 3.63) is 97.2 Å². The van der Waals surface area contributed by atoms with Gasteiger partial charge in [0.05, 0.1) is 27.7 Å². The Morgan fingerprint density at radius 3 is 1.47 bits per heavy atom. The molecule has 0 saturated heterocycles. The second kappa shape index (κ2) is 40.3. The summed E-state index contributed by atoms with van der Waals surface area (Å²) in [6.45, 7) is 4.16. The quantitative estimate of drug-likeness (QED) is 0.0214. The highest BCUT2D eigenvalue weighted by molar-refractivity contribution is 7.47. The maximum absolute atomic E-state index is 12.7. The summed E-state index contributed by atoms with van der Waals surface area (Å²) >= 11 is 0. The Labute approximate surface area is 360 Å². The van der Waals surface area contributed by atoms with E-state index in [2.05, 4.69) is 111 Å². The summed E-state index contributed by atoms with van der Waals surface area (Å²) in [7, 11) is 1.43. The zero-order valence-electron chi connectivity index (χ0n) is 37.7.